The number of carbonyl (C=O) groups excluding carboxylic acids is 1. The first kappa shape index (κ1) is 12.9. The van der Waals surface area contributed by atoms with Gasteiger partial charge in [0.15, 0.2) is 0 Å². The first-order chi connectivity index (χ1) is 9.20. The van der Waals surface area contributed by atoms with Crippen molar-refractivity contribution in [2.45, 2.75) is 6.92 Å². The molecule has 0 aliphatic heterocycles. The monoisotopic (exact) mass is 261 g/mol. The third-order valence-electron chi connectivity index (χ3n) is 2.29. The lowest BCUT2D eigenvalue weighted by Crippen LogP contribution is -2.14. The standard InChI is InChI=1S/C13H12FN3O2/c1-2-19-12-7-9(14)3-4-10(12)17-13(18)11-8-15-5-6-16-11/h3-8H,2H2,1H3,(H,17,18). The molecule has 98 valence electrons. The van der Waals surface area contributed by atoms with Crippen LogP contribution < -0.4 is 10.1 Å². The summed E-state index contributed by atoms with van der Waals surface area (Å²) in [5, 5.41) is 2.61. The van der Waals surface area contributed by atoms with E-state index in [0.29, 0.717) is 12.3 Å². The maximum atomic E-state index is 13.1. The zero-order valence-electron chi connectivity index (χ0n) is 10.3. The minimum Gasteiger partial charge on any atom is -0.492 e. The van der Waals surface area contributed by atoms with Gasteiger partial charge in [0, 0.05) is 18.5 Å². The number of benzene rings is 1. The van der Waals surface area contributed by atoms with Gasteiger partial charge >= 0.3 is 0 Å². The number of nitrogens with zero attached hydrogens (tertiary/aromatic N) is 2. The molecule has 0 saturated heterocycles. The summed E-state index contributed by atoms with van der Waals surface area (Å²) < 4.78 is 18.4. The van der Waals surface area contributed by atoms with Crippen molar-refractivity contribution in [3.8, 4) is 5.75 Å². The molecule has 6 heteroatoms. The maximum Gasteiger partial charge on any atom is 0.275 e. The van der Waals surface area contributed by atoms with E-state index in [9.17, 15) is 9.18 Å². The first-order valence-corrected chi connectivity index (χ1v) is 5.70. The van der Waals surface area contributed by atoms with Crippen LogP contribution in [0.25, 0.3) is 0 Å². The Hall–Kier alpha value is -2.50. The molecule has 2 aromatic rings. The van der Waals surface area contributed by atoms with Gasteiger partial charge in [0.05, 0.1) is 18.5 Å². The average molecular weight is 261 g/mol. The van der Waals surface area contributed by atoms with Gasteiger partial charge in [-0.2, -0.15) is 0 Å². The average Bonchev–Trinajstić information content (AvgIpc) is 2.43. The van der Waals surface area contributed by atoms with E-state index >= 15 is 0 Å². The second-order valence-electron chi connectivity index (χ2n) is 3.62. The Labute approximate surface area is 109 Å². The SMILES string of the molecule is CCOc1cc(F)ccc1NC(=O)c1cnccn1. The van der Waals surface area contributed by atoms with E-state index in [0.717, 1.165) is 0 Å². The lowest BCUT2D eigenvalue weighted by atomic mass is 10.2. The molecule has 2 rings (SSSR count). The number of amides is 1. The van der Waals surface area contributed by atoms with Crippen LogP contribution in [-0.2, 0) is 0 Å². The normalized spacial score (nSPS) is 10.0. The van der Waals surface area contributed by atoms with E-state index in [2.05, 4.69) is 15.3 Å². The van der Waals surface area contributed by atoms with E-state index < -0.39 is 11.7 Å². The number of ether oxygens (including phenoxy) is 1. The molecule has 1 N–H and O–H groups in total. The Kier molecular flexibility index (Phi) is 4.02. The van der Waals surface area contributed by atoms with Crippen molar-refractivity contribution in [1.82, 2.24) is 9.97 Å². The third kappa shape index (κ3) is 3.25. The molecule has 0 spiro atoms. The fourth-order valence-corrected chi connectivity index (χ4v) is 1.48. The van der Waals surface area contributed by atoms with Crippen molar-refractivity contribution >= 4 is 11.6 Å². The molecule has 0 saturated carbocycles. The molecule has 1 amide bonds. The van der Waals surface area contributed by atoms with E-state index in [1.54, 1.807) is 6.92 Å². The third-order valence-corrected chi connectivity index (χ3v) is 2.29. The molecule has 0 unspecified atom stereocenters. The predicted molar refractivity (Wildman–Crippen MR) is 67.6 cm³/mol. The molecule has 1 aromatic carbocycles. The molecule has 19 heavy (non-hydrogen) atoms. The van der Waals surface area contributed by atoms with Crippen LogP contribution in [0.4, 0.5) is 10.1 Å². The Bertz CT molecular complexity index is 575. The van der Waals surface area contributed by atoms with Crippen molar-refractivity contribution < 1.29 is 13.9 Å². The molecule has 0 fully saturated rings. The van der Waals surface area contributed by atoms with Crippen molar-refractivity contribution in [1.29, 1.82) is 0 Å². The summed E-state index contributed by atoms with van der Waals surface area (Å²) in [6, 6.07) is 3.90. The second-order valence-corrected chi connectivity index (χ2v) is 3.62. The summed E-state index contributed by atoms with van der Waals surface area (Å²) in [5.41, 5.74) is 0.563. The summed E-state index contributed by atoms with van der Waals surface area (Å²) >= 11 is 0. The van der Waals surface area contributed by atoms with E-state index in [1.165, 1.54) is 36.8 Å². The number of hydrogen-bond donors (Lipinski definition) is 1. The van der Waals surface area contributed by atoms with Gasteiger partial charge in [-0.1, -0.05) is 0 Å². The summed E-state index contributed by atoms with van der Waals surface area (Å²) in [6.45, 7) is 2.15. The van der Waals surface area contributed by atoms with Crippen LogP contribution in [0.2, 0.25) is 0 Å². The number of aromatic nitrogens is 2. The minimum atomic E-state index is -0.430. The van der Waals surface area contributed by atoms with Crippen LogP contribution in [0.1, 0.15) is 17.4 Å². The highest BCUT2D eigenvalue weighted by Crippen LogP contribution is 2.25. The van der Waals surface area contributed by atoms with Crippen LogP contribution in [0.3, 0.4) is 0 Å². The highest BCUT2D eigenvalue weighted by molar-refractivity contribution is 6.03. The van der Waals surface area contributed by atoms with Crippen LogP contribution >= 0.6 is 0 Å². The fourth-order valence-electron chi connectivity index (χ4n) is 1.48. The topological polar surface area (TPSA) is 64.1 Å². The highest BCUT2D eigenvalue weighted by Gasteiger charge is 2.11. The zero-order chi connectivity index (χ0) is 13.7. The highest BCUT2D eigenvalue weighted by atomic mass is 19.1. The zero-order valence-corrected chi connectivity index (χ0v) is 10.3. The van der Waals surface area contributed by atoms with Gasteiger partial charge in [-0.25, -0.2) is 9.37 Å². The molecule has 0 aliphatic rings. The molecule has 0 bridgehead atoms. The number of anilines is 1. The van der Waals surface area contributed by atoms with Gasteiger partial charge in [-0.05, 0) is 19.1 Å². The molecule has 0 radical (unpaired) electrons. The maximum absolute atomic E-state index is 13.1. The Morgan fingerprint density at radius 1 is 1.42 bits per heavy atom. The molecular formula is C13H12FN3O2. The van der Waals surface area contributed by atoms with Gasteiger partial charge in [-0.15, -0.1) is 0 Å². The molecule has 1 aromatic heterocycles. The number of halogens is 1. The Balaban J connectivity index is 2.21. The van der Waals surface area contributed by atoms with Crippen molar-refractivity contribution in [3.05, 3.63) is 48.3 Å². The fraction of sp³-hybridized carbons (Fsp3) is 0.154. The Morgan fingerprint density at radius 3 is 2.95 bits per heavy atom. The van der Waals surface area contributed by atoms with E-state index in [1.807, 2.05) is 0 Å². The van der Waals surface area contributed by atoms with Gasteiger partial charge in [0.2, 0.25) is 0 Å². The minimum absolute atomic E-state index is 0.175. The van der Waals surface area contributed by atoms with Crippen molar-refractivity contribution in [2.75, 3.05) is 11.9 Å². The lowest BCUT2D eigenvalue weighted by molar-refractivity contribution is 0.102. The van der Waals surface area contributed by atoms with Gasteiger partial charge in [-0.3, -0.25) is 9.78 Å². The van der Waals surface area contributed by atoms with Crippen molar-refractivity contribution in [3.63, 3.8) is 0 Å². The molecular weight excluding hydrogens is 249 g/mol. The molecule has 0 atom stereocenters. The lowest BCUT2D eigenvalue weighted by Gasteiger charge is -2.11. The first-order valence-electron chi connectivity index (χ1n) is 5.70. The second kappa shape index (κ2) is 5.90. The van der Waals surface area contributed by atoms with E-state index in [-0.39, 0.29) is 11.4 Å². The van der Waals surface area contributed by atoms with Crippen LogP contribution in [0.5, 0.6) is 5.75 Å². The summed E-state index contributed by atoms with van der Waals surface area (Å²) in [7, 11) is 0. The Morgan fingerprint density at radius 2 is 2.26 bits per heavy atom. The van der Waals surface area contributed by atoms with Gasteiger partial charge in [0.25, 0.3) is 5.91 Å². The van der Waals surface area contributed by atoms with Crippen LogP contribution in [-0.4, -0.2) is 22.5 Å². The summed E-state index contributed by atoms with van der Waals surface area (Å²) in [5.74, 6) is -0.582. The van der Waals surface area contributed by atoms with E-state index in [4.69, 9.17) is 4.74 Å². The molecule has 5 nitrogen and oxygen atoms in total. The molecule has 0 aliphatic carbocycles. The van der Waals surface area contributed by atoms with Crippen LogP contribution in [0, 0.1) is 5.82 Å². The van der Waals surface area contributed by atoms with Gasteiger partial charge < -0.3 is 10.1 Å². The number of nitrogens with one attached hydrogen (secondary N) is 1. The number of hydrogen-bond acceptors (Lipinski definition) is 4. The number of rotatable bonds is 4. The number of carbonyl (C=O) groups is 1. The molecule has 1 heterocycles. The summed E-state index contributed by atoms with van der Waals surface area (Å²) in [6.07, 6.45) is 4.24. The van der Waals surface area contributed by atoms with Gasteiger partial charge in [0.1, 0.15) is 17.3 Å². The quantitative estimate of drug-likeness (QED) is 0.917. The van der Waals surface area contributed by atoms with Crippen LogP contribution in [0.15, 0.2) is 36.8 Å². The smallest absolute Gasteiger partial charge is 0.275 e. The van der Waals surface area contributed by atoms with Crippen molar-refractivity contribution in [2.24, 2.45) is 0 Å². The predicted octanol–water partition coefficient (Wildman–Crippen LogP) is 2.27. The largest absolute Gasteiger partial charge is 0.492 e. The summed E-state index contributed by atoms with van der Waals surface area (Å²) in [4.78, 5) is 19.6.